The van der Waals surface area contributed by atoms with Crippen LogP contribution < -0.4 is 10.3 Å². The molecular formula is C24H19N5O10S2. The molecule has 0 unspecified atom stereocenters. The van der Waals surface area contributed by atoms with Crippen molar-refractivity contribution in [2.75, 3.05) is 4.72 Å². The highest BCUT2D eigenvalue weighted by atomic mass is 32.2. The molecule has 4 aromatic rings. The number of aryl methyl sites for hydroxylation is 1. The van der Waals surface area contributed by atoms with Crippen molar-refractivity contribution in [1.82, 2.24) is 9.78 Å². The van der Waals surface area contributed by atoms with Crippen molar-refractivity contribution in [3.05, 3.63) is 93.9 Å². The number of rotatable bonds is 9. The second kappa shape index (κ2) is 10.8. The minimum absolute atomic E-state index is 0.0300. The average molecular weight is 602 g/mol. The van der Waals surface area contributed by atoms with Gasteiger partial charge in [0.05, 0.1) is 43.7 Å². The van der Waals surface area contributed by atoms with Gasteiger partial charge in [0.2, 0.25) is 0 Å². The lowest BCUT2D eigenvalue weighted by molar-refractivity contribution is 0.0696. The minimum Gasteiger partial charge on any atom is -0.478 e. The highest BCUT2D eigenvalue weighted by molar-refractivity contribution is 7.92. The molecule has 3 aromatic carbocycles. The van der Waals surface area contributed by atoms with Gasteiger partial charge in [0, 0.05) is 0 Å². The number of nitrogens with one attached hydrogen (secondary N) is 2. The molecule has 0 aliphatic rings. The van der Waals surface area contributed by atoms with E-state index in [0.29, 0.717) is 0 Å². The van der Waals surface area contributed by atoms with Gasteiger partial charge in [-0.05, 0) is 67.6 Å². The first-order chi connectivity index (χ1) is 19.2. The first kappa shape index (κ1) is 28.9. The number of aromatic nitrogens is 2. The molecule has 15 nitrogen and oxygen atoms in total. The molecule has 0 saturated carbocycles. The molecule has 0 bridgehead atoms. The molecule has 0 saturated heterocycles. The van der Waals surface area contributed by atoms with Crippen molar-refractivity contribution in [3.63, 3.8) is 0 Å². The molecular weight excluding hydrogens is 582 g/mol. The lowest BCUT2D eigenvalue weighted by Gasteiger charge is -2.10. The van der Waals surface area contributed by atoms with Crippen molar-refractivity contribution in [2.24, 2.45) is 10.2 Å². The van der Waals surface area contributed by atoms with Crippen molar-refractivity contribution >= 4 is 49.1 Å². The Bertz CT molecular complexity index is 1960. The zero-order valence-electron chi connectivity index (χ0n) is 20.7. The lowest BCUT2D eigenvalue weighted by atomic mass is 10.1. The van der Waals surface area contributed by atoms with Gasteiger partial charge in [0.25, 0.3) is 25.7 Å². The predicted octanol–water partition coefficient (Wildman–Crippen LogP) is 3.33. The summed E-state index contributed by atoms with van der Waals surface area (Å²) in [6.07, 6.45) is 0. The number of carboxylic acids is 2. The topological polar surface area (TPSA) is 238 Å². The molecule has 1 aromatic heterocycles. The Kier molecular flexibility index (Phi) is 7.60. The fourth-order valence-corrected chi connectivity index (χ4v) is 5.13. The molecule has 41 heavy (non-hydrogen) atoms. The second-order valence-corrected chi connectivity index (χ2v) is 11.5. The molecule has 0 aliphatic heterocycles. The van der Waals surface area contributed by atoms with Crippen LogP contribution >= 0.6 is 0 Å². The Labute approximate surface area is 231 Å². The van der Waals surface area contributed by atoms with Gasteiger partial charge in [-0.1, -0.05) is 6.07 Å². The van der Waals surface area contributed by atoms with Crippen LogP contribution in [0.3, 0.4) is 0 Å². The van der Waals surface area contributed by atoms with Crippen LogP contribution in [-0.2, 0) is 20.1 Å². The van der Waals surface area contributed by atoms with Crippen LogP contribution in [0.25, 0.3) is 5.69 Å². The summed E-state index contributed by atoms with van der Waals surface area (Å²) in [6, 6.07) is 12.7. The summed E-state index contributed by atoms with van der Waals surface area (Å²) in [5.41, 5.74) is -1.38. The van der Waals surface area contributed by atoms with Crippen molar-refractivity contribution < 1.29 is 41.2 Å². The van der Waals surface area contributed by atoms with Crippen LogP contribution in [-0.4, -0.2) is 53.3 Å². The van der Waals surface area contributed by atoms with E-state index in [4.69, 9.17) is 4.55 Å². The van der Waals surface area contributed by atoms with Gasteiger partial charge in [0.1, 0.15) is 0 Å². The Hall–Kier alpha value is -5.13. The van der Waals surface area contributed by atoms with Crippen LogP contribution in [0.2, 0.25) is 0 Å². The SMILES string of the molecule is Cc1[nH]n(-c2ccc(S(=O)(=O)O)cc2)c(=O)c1N=Nc1cccc(S(=O)(=O)Nc2cc(C(=O)O)cc(C(=O)O)c2)c1. The van der Waals surface area contributed by atoms with Crippen LogP contribution in [0.5, 0.6) is 0 Å². The van der Waals surface area contributed by atoms with Crippen LogP contribution in [0.4, 0.5) is 17.1 Å². The fraction of sp³-hybridized carbons (Fsp3) is 0.0417. The quantitative estimate of drug-likeness (QED) is 0.138. The van der Waals surface area contributed by atoms with E-state index in [1.165, 1.54) is 37.3 Å². The third-order valence-electron chi connectivity index (χ3n) is 5.51. The number of hydrogen-bond donors (Lipinski definition) is 5. The Morgan fingerprint density at radius 2 is 1.46 bits per heavy atom. The third-order valence-corrected chi connectivity index (χ3v) is 7.75. The van der Waals surface area contributed by atoms with Crippen molar-refractivity contribution in [2.45, 2.75) is 16.7 Å². The molecule has 4 rings (SSSR count). The van der Waals surface area contributed by atoms with E-state index in [1.54, 1.807) is 0 Å². The summed E-state index contributed by atoms with van der Waals surface area (Å²) in [5.74, 6) is -2.91. The summed E-state index contributed by atoms with van der Waals surface area (Å²) < 4.78 is 60.7. The van der Waals surface area contributed by atoms with Gasteiger partial charge in [-0.3, -0.25) is 19.2 Å². The lowest BCUT2D eigenvalue weighted by Crippen LogP contribution is -2.14. The highest BCUT2D eigenvalue weighted by Crippen LogP contribution is 2.25. The molecule has 1 heterocycles. The maximum absolute atomic E-state index is 13.0. The van der Waals surface area contributed by atoms with E-state index in [2.05, 4.69) is 20.0 Å². The molecule has 0 radical (unpaired) electrons. The molecule has 212 valence electrons. The summed E-state index contributed by atoms with van der Waals surface area (Å²) in [4.78, 5) is 34.9. The van der Waals surface area contributed by atoms with Crippen LogP contribution in [0.15, 0.2) is 91.5 Å². The summed E-state index contributed by atoms with van der Waals surface area (Å²) in [6.45, 7) is 1.53. The number of carbonyl (C=O) groups is 2. The van der Waals surface area contributed by atoms with Gasteiger partial charge in [-0.25, -0.2) is 22.7 Å². The van der Waals surface area contributed by atoms with E-state index in [1.807, 2.05) is 0 Å². The number of benzene rings is 3. The Morgan fingerprint density at radius 3 is 2.02 bits per heavy atom. The van der Waals surface area contributed by atoms with Gasteiger partial charge in [-0.2, -0.15) is 13.5 Å². The number of nitrogens with zero attached hydrogens (tertiary/aromatic N) is 3. The summed E-state index contributed by atoms with van der Waals surface area (Å²) in [5, 5.41) is 29.1. The molecule has 0 amide bonds. The number of aromatic carboxylic acids is 2. The third kappa shape index (κ3) is 6.38. The average Bonchev–Trinajstić information content (AvgIpc) is 3.19. The van der Waals surface area contributed by atoms with Crippen molar-refractivity contribution in [3.8, 4) is 5.69 Å². The maximum Gasteiger partial charge on any atom is 0.335 e. The highest BCUT2D eigenvalue weighted by Gasteiger charge is 2.19. The van der Waals surface area contributed by atoms with Gasteiger partial charge in [-0.15, -0.1) is 5.11 Å². The standard InChI is InChI=1S/C24H19N5O10S2/c1-13-21(22(30)29(27-13)18-5-7-19(8-6-18)41(37,38)39)26-25-16-3-2-4-20(12-16)40(35,36)28-17-10-14(23(31)32)9-15(11-17)24(33)34/h2-12,27-28H,1H3,(H,31,32)(H,33,34)(H,37,38,39). The number of anilines is 1. The zero-order valence-corrected chi connectivity index (χ0v) is 22.3. The largest absolute Gasteiger partial charge is 0.478 e. The maximum atomic E-state index is 13.0. The number of hydrogen-bond acceptors (Lipinski definition) is 9. The van der Waals surface area contributed by atoms with E-state index in [9.17, 15) is 41.4 Å². The van der Waals surface area contributed by atoms with Crippen LogP contribution in [0.1, 0.15) is 26.4 Å². The van der Waals surface area contributed by atoms with Gasteiger partial charge < -0.3 is 10.2 Å². The summed E-state index contributed by atoms with van der Waals surface area (Å²) >= 11 is 0. The first-order valence-corrected chi connectivity index (χ1v) is 14.1. The molecule has 0 aliphatic carbocycles. The van der Waals surface area contributed by atoms with Gasteiger partial charge >= 0.3 is 11.9 Å². The molecule has 0 atom stereocenters. The minimum atomic E-state index is -4.42. The van der Waals surface area contributed by atoms with E-state index in [-0.39, 0.29) is 38.2 Å². The molecule has 5 N–H and O–H groups in total. The normalized spacial score (nSPS) is 12.0. The fourth-order valence-electron chi connectivity index (χ4n) is 3.57. The van der Waals surface area contributed by atoms with E-state index < -0.39 is 48.8 Å². The number of carboxylic acid groups (broad SMARTS) is 2. The van der Waals surface area contributed by atoms with Crippen molar-refractivity contribution in [1.29, 1.82) is 0 Å². The monoisotopic (exact) mass is 601 g/mol. The summed E-state index contributed by atoms with van der Waals surface area (Å²) in [7, 11) is -8.76. The Balaban J connectivity index is 1.61. The van der Waals surface area contributed by atoms with E-state index in [0.717, 1.165) is 41.1 Å². The zero-order chi connectivity index (χ0) is 30.1. The second-order valence-electron chi connectivity index (χ2n) is 8.41. The number of H-pyrrole nitrogens is 1. The number of sulfonamides is 1. The molecule has 17 heteroatoms. The first-order valence-electron chi connectivity index (χ1n) is 11.2. The van der Waals surface area contributed by atoms with Crippen LogP contribution in [0, 0.1) is 6.92 Å². The van der Waals surface area contributed by atoms with Gasteiger partial charge in [0.15, 0.2) is 5.69 Å². The van der Waals surface area contributed by atoms with E-state index >= 15 is 0 Å². The molecule has 0 fully saturated rings. The molecule has 0 spiro atoms. The predicted molar refractivity (Wildman–Crippen MR) is 143 cm³/mol. The smallest absolute Gasteiger partial charge is 0.335 e. The number of aromatic amines is 1. The Morgan fingerprint density at radius 1 is 0.854 bits per heavy atom. The number of azo groups is 1.